The van der Waals surface area contributed by atoms with Gasteiger partial charge in [-0.2, -0.15) is 0 Å². The van der Waals surface area contributed by atoms with Crippen molar-refractivity contribution >= 4 is 34.8 Å². The summed E-state index contributed by atoms with van der Waals surface area (Å²) in [5.74, 6) is -0.0175. The monoisotopic (exact) mass is 358 g/mol. The summed E-state index contributed by atoms with van der Waals surface area (Å²) < 4.78 is 5.39. The maximum atomic E-state index is 12.5. The number of hydrogen-bond donors (Lipinski definition) is 1. The van der Waals surface area contributed by atoms with Gasteiger partial charge in [-0.3, -0.25) is 14.5 Å². The van der Waals surface area contributed by atoms with Gasteiger partial charge in [0, 0.05) is 16.8 Å². The first-order chi connectivity index (χ1) is 11.8. The van der Waals surface area contributed by atoms with Crippen molar-refractivity contribution in [3.05, 3.63) is 52.0 Å². The summed E-state index contributed by atoms with van der Waals surface area (Å²) in [6, 6.07) is 9.02. The van der Waals surface area contributed by atoms with Gasteiger partial charge in [0.2, 0.25) is 5.91 Å². The van der Waals surface area contributed by atoms with E-state index in [1.165, 1.54) is 4.90 Å². The van der Waals surface area contributed by atoms with Crippen molar-refractivity contribution in [3.63, 3.8) is 0 Å². The predicted octanol–water partition coefficient (Wildman–Crippen LogP) is 3.63. The number of aryl methyl sites for hydroxylation is 3. The number of nitrogens with one attached hydrogen (secondary N) is 1. The SMILES string of the molecule is Cc1cc(C)c(NC(=O)CN2C(=O)COc3cc(Cl)ccc32)c(C)c1. The van der Waals surface area contributed by atoms with Crippen LogP contribution in [-0.4, -0.2) is 25.0 Å². The van der Waals surface area contributed by atoms with Crippen LogP contribution in [0, 0.1) is 20.8 Å². The van der Waals surface area contributed by atoms with E-state index in [-0.39, 0.29) is 25.0 Å². The van der Waals surface area contributed by atoms with Crippen molar-refractivity contribution < 1.29 is 14.3 Å². The van der Waals surface area contributed by atoms with Crippen molar-refractivity contribution in [2.75, 3.05) is 23.4 Å². The molecule has 6 heteroatoms. The van der Waals surface area contributed by atoms with Gasteiger partial charge in [0.15, 0.2) is 6.61 Å². The van der Waals surface area contributed by atoms with Crippen molar-refractivity contribution in [2.45, 2.75) is 20.8 Å². The third-order valence-corrected chi connectivity index (χ3v) is 4.34. The van der Waals surface area contributed by atoms with E-state index in [0.717, 1.165) is 22.4 Å². The Morgan fingerprint density at radius 3 is 2.56 bits per heavy atom. The minimum Gasteiger partial charge on any atom is -0.482 e. The van der Waals surface area contributed by atoms with E-state index in [0.29, 0.717) is 16.5 Å². The molecule has 1 N–H and O–H groups in total. The van der Waals surface area contributed by atoms with E-state index >= 15 is 0 Å². The molecule has 0 atom stereocenters. The highest BCUT2D eigenvalue weighted by molar-refractivity contribution is 6.31. The zero-order valence-corrected chi connectivity index (χ0v) is 15.1. The molecule has 5 nitrogen and oxygen atoms in total. The van der Waals surface area contributed by atoms with Gasteiger partial charge in [-0.05, 0) is 44.0 Å². The number of benzene rings is 2. The number of carbonyl (C=O) groups excluding carboxylic acids is 2. The van der Waals surface area contributed by atoms with Gasteiger partial charge in [-0.15, -0.1) is 0 Å². The van der Waals surface area contributed by atoms with E-state index in [9.17, 15) is 9.59 Å². The maximum Gasteiger partial charge on any atom is 0.265 e. The van der Waals surface area contributed by atoms with Gasteiger partial charge >= 0.3 is 0 Å². The van der Waals surface area contributed by atoms with E-state index in [1.807, 2.05) is 32.9 Å². The Balaban J connectivity index is 1.81. The summed E-state index contributed by atoms with van der Waals surface area (Å²) >= 11 is 5.96. The van der Waals surface area contributed by atoms with Gasteiger partial charge in [-0.25, -0.2) is 0 Å². The van der Waals surface area contributed by atoms with Crippen LogP contribution in [0.3, 0.4) is 0 Å². The van der Waals surface area contributed by atoms with Crippen molar-refractivity contribution in [1.82, 2.24) is 0 Å². The minimum absolute atomic E-state index is 0.0798. The number of anilines is 2. The van der Waals surface area contributed by atoms with Crippen LogP contribution in [0.4, 0.5) is 11.4 Å². The topological polar surface area (TPSA) is 58.6 Å². The van der Waals surface area contributed by atoms with Crippen molar-refractivity contribution in [1.29, 1.82) is 0 Å². The molecule has 1 aliphatic rings. The number of rotatable bonds is 3. The highest BCUT2D eigenvalue weighted by atomic mass is 35.5. The molecule has 0 aromatic heterocycles. The Labute approximate surface area is 151 Å². The number of hydrogen-bond acceptors (Lipinski definition) is 3. The molecule has 0 spiro atoms. The number of carbonyl (C=O) groups is 2. The molecule has 2 aromatic rings. The zero-order chi connectivity index (χ0) is 18.1. The van der Waals surface area contributed by atoms with Crippen LogP contribution >= 0.6 is 11.6 Å². The quantitative estimate of drug-likeness (QED) is 0.911. The van der Waals surface area contributed by atoms with Crippen LogP contribution in [0.5, 0.6) is 5.75 Å². The second-order valence-electron chi connectivity index (χ2n) is 6.20. The van der Waals surface area contributed by atoms with Gasteiger partial charge in [0.1, 0.15) is 12.3 Å². The summed E-state index contributed by atoms with van der Waals surface area (Å²) in [5.41, 5.74) is 4.46. The zero-order valence-electron chi connectivity index (χ0n) is 14.4. The fraction of sp³-hybridized carbons (Fsp3) is 0.263. The first-order valence-electron chi connectivity index (χ1n) is 7.95. The molecule has 0 saturated carbocycles. The lowest BCUT2D eigenvalue weighted by atomic mass is 10.1. The van der Waals surface area contributed by atoms with Gasteiger partial charge in [0.05, 0.1) is 5.69 Å². The second kappa shape index (κ2) is 6.76. The fourth-order valence-electron chi connectivity index (χ4n) is 3.05. The highest BCUT2D eigenvalue weighted by Gasteiger charge is 2.27. The van der Waals surface area contributed by atoms with Gasteiger partial charge in [0.25, 0.3) is 5.91 Å². The van der Waals surface area contributed by atoms with Crippen LogP contribution in [0.25, 0.3) is 0 Å². The molecule has 0 aliphatic carbocycles. The smallest absolute Gasteiger partial charge is 0.265 e. The number of halogens is 1. The molecule has 0 bridgehead atoms. The molecule has 0 radical (unpaired) electrons. The standard InChI is InChI=1S/C19H19ClN2O3/c1-11-6-12(2)19(13(3)7-11)21-17(23)9-22-15-5-4-14(20)8-16(15)25-10-18(22)24/h4-8H,9-10H2,1-3H3,(H,21,23). The lowest BCUT2D eigenvalue weighted by Gasteiger charge is -2.29. The minimum atomic E-state index is -0.262. The summed E-state index contributed by atoms with van der Waals surface area (Å²) in [7, 11) is 0. The number of nitrogens with zero attached hydrogens (tertiary/aromatic N) is 1. The molecular formula is C19H19ClN2O3. The average Bonchev–Trinajstić information content (AvgIpc) is 2.53. The summed E-state index contributed by atoms with van der Waals surface area (Å²) in [5, 5.41) is 3.43. The Morgan fingerprint density at radius 1 is 1.20 bits per heavy atom. The number of fused-ring (bicyclic) bond motifs is 1. The van der Waals surface area contributed by atoms with Crippen LogP contribution in [0.2, 0.25) is 5.02 Å². The number of ether oxygens (including phenoxy) is 1. The largest absolute Gasteiger partial charge is 0.482 e. The second-order valence-corrected chi connectivity index (χ2v) is 6.64. The van der Waals surface area contributed by atoms with Crippen molar-refractivity contribution in [3.8, 4) is 5.75 Å². The molecular weight excluding hydrogens is 340 g/mol. The van der Waals surface area contributed by atoms with E-state index in [2.05, 4.69) is 5.32 Å². The lowest BCUT2D eigenvalue weighted by molar-refractivity contribution is -0.123. The summed E-state index contributed by atoms with van der Waals surface area (Å²) in [6.45, 7) is 5.73. The Hall–Kier alpha value is -2.53. The van der Waals surface area contributed by atoms with E-state index in [4.69, 9.17) is 16.3 Å². The third kappa shape index (κ3) is 3.61. The number of amides is 2. The van der Waals surface area contributed by atoms with Gasteiger partial charge < -0.3 is 10.1 Å². The molecule has 0 saturated heterocycles. The Morgan fingerprint density at radius 2 is 1.88 bits per heavy atom. The van der Waals surface area contributed by atoms with Gasteiger partial charge in [-0.1, -0.05) is 29.3 Å². The van der Waals surface area contributed by atoms with Crippen LogP contribution < -0.4 is 15.0 Å². The molecule has 130 valence electrons. The Kier molecular flexibility index (Phi) is 4.68. The molecule has 1 aliphatic heterocycles. The van der Waals surface area contributed by atoms with E-state index < -0.39 is 0 Å². The van der Waals surface area contributed by atoms with Crippen LogP contribution in [0.15, 0.2) is 30.3 Å². The molecule has 2 aromatic carbocycles. The summed E-state index contributed by atoms with van der Waals surface area (Å²) in [4.78, 5) is 26.1. The first-order valence-corrected chi connectivity index (χ1v) is 8.33. The van der Waals surface area contributed by atoms with Crippen LogP contribution in [-0.2, 0) is 9.59 Å². The maximum absolute atomic E-state index is 12.5. The van der Waals surface area contributed by atoms with Crippen LogP contribution in [0.1, 0.15) is 16.7 Å². The average molecular weight is 359 g/mol. The normalized spacial score (nSPS) is 13.3. The Bertz CT molecular complexity index is 841. The molecule has 25 heavy (non-hydrogen) atoms. The third-order valence-electron chi connectivity index (χ3n) is 4.11. The predicted molar refractivity (Wildman–Crippen MR) is 98.6 cm³/mol. The van der Waals surface area contributed by atoms with E-state index in [1.54, 1.807) is 18.2 Å². The highest BCUT2D eigenvalue weighted by Crippen LogP contribution is 2.34. The fourth-order valence-corrected chi connectivity index (χ4v) is 3.21. The molecule has 0 unspecified atom stereocenters. The molecule has 1 heterocycles. The first kappa shape index (κ1) is 17.3. The molecule has 0 fully saturated rings. The lowest BCUT2D eigenvalue weighted by Crippen LogP contribution is -2.43. The van der Waals surface area contributed by atoms with Crippen molar-refractivity contribution in [2.24, 2.45) is 0 Å². The molecule has 2 amide bonds. The molecule has 3 rings (SSSR count). The summed E-state index contributed by atoms with van der Waals surface area (Å²) in [6.07, 6.45) is 0.